The molecule has 0 aliphatic heterocycles. The van der Waals surface area contributed by atoms with Crippen LogP contribution in [-0.2, 0) is 6.61 Å². The second-order valence-electron chi connectivity index (χ2n) is 8.45. The molecule has 0 spiro atoms. The fraction of sp³-hybridized carbons (Fsp3) is 0.100. The minimum atomic E-state index is -0.280. The van der Waals surface area contributed by atoms with Crippen LogP contribution < -0.4 is 15.0 Å². The number of nitrogens with zero attached hydrogens (tertiary/aromatic N) is 3. The van der Waals surface area contributed by atoms with E-state index in [1.165, 1.54) is 4.68 Å². The van der Waals surface area contributed by atoms with Gasteiger partial charge in [-0.3, -0.25) is 4.79 Å². The van der Waals surface area contributed by atoms with Crippen LogP contribution in [0.2, 0.25) is 5.02 Å². The molecule has 5 aromatic rings. The van der Waals surface area contributed by atoms with Crippen LogP contribution in [0, 0.1) is 0 Å². The lowest BCUT2D eigenvalue weighted by molar-refractivity contribution is 0.269. The van der Waals surface area contributed by atoms with Crippen molar-refractivity contribution < 1.29 is 9.47 Å². The smallest absolute Gasteiger partial charge is 0.282 e. The number of hydrogen-bond donors (Lipinski definition) is 0. The minimum absolute atomic E-state index is 0.280. The van der Waals surface area contributed by atoms with Crippen molar-refractivity contribution in [3.05, 3.63) is 120 Å². The van der Waals surface area contributed by atoms with E-state index in [1.54, 1.807) is 24.4 Å². The van der Waals surface area contributed by atoms with Crippen molar-refractivity contribution in [2.45, 2.75) is 13.5 Å². The number of hydrogen-bond acceptors (Lipinski definition) is 5. The molecule has 0 amide bonds. The van der Waals surface area contributed by atoms with E-state index in [1.807, 2.05) is 73.7 Å². The highest BCUT2D eigenvalue weighted by Gasteiger charge is 2.18. The molecule has 1 aromatic heterocycles. The third-order valence-corrected chi connectivity index (χ3v) is 7.82. The number of ether oxygens (including phenoxy) is 2. The summed E-state index contributed by atoms with van der Waals surface area (Å²) in [7, 11) is 0. The van der Waals surface area contributed by atoms with Gasteiger partial charge in [-0.1, -0.05) is 82.1 Å². The van der Waals surface area contributed by atoms with E-state index in [-0.39, 0.29) is 5.56 Å². The first kappa shape index (κ1) is 27.1. The lowest BCUT2D eigenvalue weighted by Crippen LogP contribution is -2.20. The number of fused-ring (bicyclic) bond motifs is 1. The Kier molecular flexibility index (Phi) is 8.45. The summed E-state index contributed by atoms with van der Waals surface area (Å²) >= 11 is 13.8. The van der Waals surface area contributed by atoms with Crippen molar-refractivity contribution in [1.82, 2.24) is 9.66 Å². The molecule has 0 N–H and O–H groups in total. The molecule has 0 atom stereocenters. The summed E-state index contributed by atoms with van der Waals surface area (Å²) < 4.78 is 14.8. The van der Waals surface area contributed by atoms with Crippen LogP contribution >= 0.6 is 43.5 Å². The third-order valence-electron chi connectivity index (χ3n) is 5.85. The summed E-state index contributed by atoms with van der Waals surface area (Å²) in [6, 6.07) is 26.3. The summed E-state index contributed by atoms with van der Waals surface area (Å²) in [5.74, 6) is 1.31. The molecule has 0 aliphatic carbocycles. The number of para-hydroxylation sites is 1. The Morgan fingerprint density at radius 1 is 0.974 bits per heavy atom. The highest BCUT2D eigenvalue weighted by Crippen LogP contribution is 2.42. The fourth-order valence-corrected chi connectivity index (χ4v) is 4.87. The van der Waals surface area contributed by atoms with Crippen molar-refractivity contribution in [3.63, 3.8) is 0 Å². The lowest BCUT2D eigenvalue weighted by atomic mass is 10.2. The molecule has 196 valence electrons. The van der Waals surface area contributed by atoms with Crippen LogP contribution in [-0.4, -0.2) is 22.5 Å². The number of rotatable bonds is 8. The van der Waals surface area contributed by atoms with Gasteiger partial charge in [-0.25, -0.2) is 4.98 Å². The van der Waals surface area contributed by atoms with E-state index in [0.29, 0.717) is 56.5 Å². The van der Waals surface area contributed by atoms with Gasteiger partial charge in [0.05, 0.1) is 23.7 Å². The highest BCUT2D eigenvalue weighted by molar-refractivity contribution is 9.10. The molecule has 0 fully saturated rings. The Morgan fingerprint density at radius 3 is 2.44 bits per heavy atom. The molecule has 0 bridgehead atoms. The molecular weight excluding hydrogens is 646 g/mol. The molecule has 6 nitrogen and oxygen atoms in total. The van der Waals surface area contributed by atoms with Crippen molar-refractivity contribution in [2.75, 3.05) is 6.61 Å². The van der Waals surface area contributed by atoms with Crippen molar-refractivity contribution >= 4 is 60.6 Å². The molecular formula is C30H22Br2ClN3O3. The Hall–Kier alpha value is -3.46. The van der Waals surface area contributed by atoms with Gasteiger partial charge in [-0.2, -0.15) is 9.78 Å². The van der Waals surface area contributed by atoms with Crippen LogP contribution in [0.5, 0.6) is 11.5 Å². The van der Waals surface area contributed by atoms with Crippen LogP contribution in [0.1, 0.15) is 18.1 Å². The number of benzene rings is 4. The normalized spacial score (nSPS) is 11.3. The first-order valence-electron chi connectivity index (χ1n) is 12.1. The number of halogens is 3. The fourth-order valence-electron chi connectivity index (χ4n) is 3.96. The Balaban J connectivity index is 1.56. The average Bonchev–Trinajstić information content (AvgIpc) is 2.96. The van der Waals surface area contributed by atoms with E-state index in [4.69, 9.17) is 26.1 Å². The molecule has 0 aliphatic rings. The van der Waals surface area contributed by atoms with E-state index >= 15 is 0 Å². The van der Waals surface area contributed by atoms with Crippen molar-refractivity contribution in [1.29, 1.82) is 0 Å². The zero-order valence-corrected chi connectivity index (χ0v) is 24.7. The molecule has 0 radical (unpaired) electrons. The molecule has 39 heavy (non-hydrogen) atoms. The maximum atomic E-state index is 13.5. The molecule has 1 heterocycles. The lowest BCUT2D eigenvalue weighted by Gasteiger charge is -2.16. The predicted octanol–water partition coefficient (Wildman–Crippen LogP) is 8.10. The largest absolute Gasteiger partial charge is 0.490 e. The van der Waals surface area contributed by atoms with E-state index in [0.717, 1.165) is 15.6 Å². The highest BCUT2D eigenvalue weighted by atomic mass is 79.9. The maximum absolute atomic E-state index is 13.5. The summed E-state index contributed by atoms with van der Waals surface area (Å²) in [4.78, 5) is 18.2. The van der Waals surface area contributed by atoms with Gasteiger partial charge < -0.3 is 9.47 Å². The summed E-state index contributed by atoms with van der Waals surface area (Å²) in [6.07, 6.45) is 1.56. The summed E-state index contributed by atoms with van der Waals surface area (Å²) in [5, 5.41) is 5.37. The van der Waals surface area contributed by atoms with Crippen molar-refractivity contribution in [2.24, 2.45) is 5.10 Å². The average molecular weight is 668 g/mol. The Labute approximate surface area is 247 Å². The molecule has 5 rings (SSSR count). The van der Waals surface area contributed by atoms with Gasteiger partial charge in [-0.15, -0.1) is 0 Å². The van der Waals surface area contributed by atoms with Gasteiger partial charge in [-0.05, 0) is 58.7 Å². The Bertz CT molecular complexity index is 1720. The molecule has 0 saturated carbocycles. The van der Waals surface area contributed by atoms with E-state index in [2.05, 4.69) is 37.0 Å². The molecule has 0 unspecified atom stereocenters. The number of aromatic nitrogens is 2. The van der Waals surface area contributed by atoms with Gasteiger partial charge in [0.1, 0.15) is 11.6 Å². The quantitative estimate of drug-likeness (QED) is 0.157. The van der Waals surface area contributed by atoms with Gasteiger partial charge in [0.15, 0.2) is 17.3 Å². The van der Waals surface area contributed by atoms with Gasteiger partial charge in [0.25, 0.3) is 5.56 Å². The zero-order chi connectivity index (χ0) is 27.4. The standard InChI is InChI=1S/C30H22Br2ClN3O3/c1-2-38-25-16-21(26(32)27(33)28(25)39-18-19-12-14-22(31)15-13-19)17-34-36-29(20-8-4-3-5-9-20)35-24-11-7-6-10-23(24)30(36)37/h3-17H,2,18H2,1H3. The maximum Gasteiger partial charge on any atom is 0.282 e. The second kappa shape index (κ2) is 12.2. The minimum Gasteiger partial charge on any atom is -0.490 e. The van der Waals surface area contributed by atoms with Gasteiger partial charge in [0.2, 0.25) is 0 Å². The summed E-state index contributed by atoms with van der Waals surface area (Å²) in [5.41, 5.74) is 2.68. The molecule has 4 aromatic carbocycles. The van der Waals surface area contributed by atoms with Crippen molar-refractivity contribution in [3.8, 4) is 22.9 Å². The zero-order valence-electron chi connectivity index (χ0n) is 20.8. The van der Waals surface area contributed by atoms with Crippen LogP contribution in [0.3, 0.4) is 0 Å². The topological polar surface area (TPSA) is 65.7 Å². The SMILES string of the molecule is CCOc1cc(C=Nn2c(-c3ccccc3)nc3ccccc3c2=O)c(Br)c(Cl)c1OCc1ccc(Br)cc1. The second-order valence-corrected chi connectivity index (χ2v) is 10.5. The van der Waals surface area contributed by atoms with E-state index in [9.17, 15) is 4.79 Å². The van der Waals surface area contributed by atoms with Gasteiger partial charge in [0, 0.05) is 20.1 Å². The van der Waals surface area contributed by atoms with E-state index < -0.39 is 0 Å². The monoisotopic (exact) mass is 665 g/mol. The Morgan fingerprint density at radius 2 is 1.69 bits per heavy atom. The predicted molar refractivity (Wildman–Crippen MR) is 163 cm³/mol. The first-order valence-corrected chi connectivity index (χ1v) is 14.1. The summed E-state index contributed by atoms with van der Waals surface area (Å²) in [6.45, 7) is 2.61. The van der Waals surface area contributed by atoms with Gasteiger partial charge >= 0.3 is 0 Å². The third kappa shape index (κ3) is 5.93. The molecule has 0 saturated heterocycles. The molecule has 9 heteroatoms. The van der Waals surface area contributed by atoms with Crippen LogP contribution in [0.15, 0.2) is 104 Å². The first-order chi connectivity index (χ1) is 19.0. The van der Waals surface area contributed by atoms with Crippen LogP contribution in [0.4, 0.5) is 0 Å². The van der Waals surface area contributed by atoms with Crippen LogP contribution in [0.25, 0.3) is 22.3 Å².